The van der Waals surface area contributed by atoms with Crippen LogP contribution in [-0.4, -0.2) is 22.1 Å². The van der Waals surface area contributed by atoms with Crippen LogP contribution >= 0.6 is 0 Å². The Morgan fingerprint density at radius 3 is 2.93 bits per heavy atom. The molecule has 2 aromatic heterocycles. The molecule has 3 nitrogen and oxygen atoms in total. The molecule has 5 heteroatoms. The molecular formula is C10H11F2N3. The van der Waals surface area contributed by atoms with E-state index in [0.717, 1.165) is 11.1 Å². The van der Waals surface area contributed by atoms with Crippen LogP contribution in [0.15, 0.2) is 30.6 Å². The highest BCUT2D eigenvalue weighted by Crippen LogP contribution is 2.13. The molecule has 0 aliphatic carbocycles. The maximum absolute atomic E-state index is 12.3. The van der Waals surface area contributed by atoms with Crippen molar-refractivity contribution in [1.82, 2.24) is 9.61 Å². The zero-order valence-corrected chi connectivity index (χ0v) is 7.98. The molecule has 0 saturated carbocycles. The number of hydrogen-bond donors (Lipinski definition) is 1. The lowest BCUT2D eigenvalue weighted by molar-refractivity contribution is 0.116. The molecule has 0 saturated heterocycles. The van der Waals surface area contributed by atoms with Crippen molar-refractivity contribution in [2.45, 2.75) is 18.9 Å². The van der Waals surface area contributed by atoms with Gasteiger partial charge < -0.3 is 5.73 Å². The number of pyridine rings is 1. The molecule has 2 heterocycles. The van der Waals surface area contributed by atoms with Gasteiger partial charge in [0.05, 0.1) is 17.8 Å². The van der Waals surface area contributed by atoms with E-state index >= 15 is 0 Å². The summed E-state index contributed by atoms with van der Waals surface area (Å²) in [5.41, 5.74) is 6.89. The fourth-order valence-corrected chi connectivity index (χ4v) is 1.49. The number of fused-ring (bicyclic) bond motifs is 1. The van der Waals surface area contributed by atoms with Crippen LogP contribution in [0, 0.1) is 0 Å². The smallest absolute Gasteiger partial charge is 0.253 e. The van der Waals surface area contributed by atoms with Crippen LogP contribution in [0.3, 0.4) is 0 Å². The summed E-state index contributed by atoms with van der Waals surface area (Å²) in [6.07, 6.45) is 0.999. The Hall–Kier alpha value is -1.49. The number of hydrogen-bond acceptors (Lipinski definition) is 2. The first kappa shape index (κ1) is 10.0. The van der Waals surface area contributed by atoms with Crippen molar-refractivity contribution in [3.8, 4) is 0 Å². The summed E-state index contributed by atoms with van der Waals surface area (Å²) < 4.78 is 26.2. The van der Waals surface area contributed by atoms with Gasteiger partial charge in [0, 0.05) is 6.20 Å². The molecule has 0 amide bonds. The maximum atomic E-state index is 12.3. The van der Waals surface area contributed by atoms with Gasteiger partial charge in [-0.05, 0) is 24.1 Å². The highest BCUT2D eigenvalue weighted by atomic mass is 19.3. The highest BCUT2D eigenvalue weighted by molar-refractivity contribution is 5.53. The summed E-state index contributed by atoms with van der Waals surface area (Å²) in [5, 5.41) is 4.05. The summed E-state index contributed by atoms with van der Waals surface area (Å²) in [6.45, 7) is 0. The molecule has 0 aliphatic heterocycles. The summed E-state index contributed by atoms with van der Waals surface area (Å²) in [7, 11) is 0. The van der Waals surface area contributed by atoms with Gasteiger partial charge in [-0.2, -0.15) is 5.10 Å². The average molecular weight is 211 g/mol. The second-order valence-corrected chi connectivity index (χ2v) is 3.40. The van der Waals surface area contributed by atoms with Crippen molar-refractivity contribution in [2.75, 3.05) is 0 Å². The van der Waals surface area contributed by atoms with Gasteiger partial charge in [0.25, 0.3) is 6.43 Å². The topological polar surface area (TPSA) is 43.3 Å². The van der Waals surface area contributed by atoms with Crippen LogP contribution < -0.4 is 5.73 Å². The van der Waals surface area contributed by atoms with Gasteiger partial charge in [-0.1, -0.05) is 6.07 Å². The third-order valence-electron chi connectivity index (χ3n) is 2.29. The summed E-state index contributed by atoms with van der Waals surface area (Å²) in [6, 6.07) is 4.38. The first-order chi connectivity index (χ1) is 7.18. The van der Waals surface area contributed by atoms with E-state index in [2.05, 4.69) is 5.10 Å². The first-order valence-electron chi connectivity index (χ1n) is 4.63. The molecule has 1 atom stereocenters. The average Bonchev–Trinajstić information content (AvgIpc) is 2.62. The minimum atomic E-state index is -2.50. The van der Waals surface area contributed by atoms with E-state index in [4.69, 9.17) is 5.73 Å². The van der Waals surface area contributed by atoms with Crippen molar-refractivity contribution >= 4 is 5.52 Å². The van der Waals surface area contributed by atoms with Gasteiger partial charge in [0.1, 0.15) is 0 Å². The van der Waals surface area contributed by atoms with E-state index in [-0.39, 0.29) is 6.42 Å². The van der Waals surface area contributed by atoms with Gasteiger partial charge >= 0.3 is 0 Å². The summed E-state index contributed by atoms with van der Waals surface area (Å²) >= 11 is 0. The molecule has 0 aliphatic rings. The lowest BCUT2D eigenvalue weighted by Crippen LogP contribution is -2.30. The monoisotopic (exact) mass is 211 g/mol. The normalized spacial score (nSPS) is 13.6. The number of nitrogens with two attached hydrogens (primary N) is 1. The second kappa shape index (κ2) is 3.94. The molecule has 2 N–H and O–H groups in total. The van der Waals surface area contributed by atoms with Crippen molar-refractivity contribution in [1.29, 1.82) is 0 Å². The third kappa shape index (κ3) is 1.97. The lowest BCUT2D eigenvalue weighted by Gasteiger charge is -2.08. The minimum absolute atomic E-state index is 0.144. The Kier molecular flexibility index (Phi) is 2.64. The lowest BCUT2D eigenvalue weighted by atomic mass is 10.1. The standard InChI is InChI=1S/C10H11F2N3/c11-10(12)8(13)5-7-6-14-15-4-2-1-3-9(7)15/h1-4,6,8,10H,5,13H2. The van der Waals surface area contributed by atoms with Crippen LogP contribution in [-0.2, 0) is 6.42 Å². The van der Waals surface area contributed by atoms with Crippen molar-refractivity contribution in [3.05, 3.63) is 36.2 Å². The zero-order chi connectivity index (χ0) is 10.8. The van der Waals surface area contributed by atoms with E-state index in [1.165, 1.54) is 0 Å². The second-order valence-electron chi connectivity index (χ2n) is 3.40. The number of halogens is 2. The predicted octanol–water partition coefficient (Wildman–Crippen LogP) is 1.47. The quantitative estimate of drug-likeness (QED) is 0.835. The molecule has 0 spiro atoms. The van der Waals surface area contributed by atoms with Crippen molar-refractivity contribution in [3.63, 3.8) is 0 Å². The highest BCUT2D eigenvalue weighted by Gasteiger charge is 2.17. The minimum Gasteiger partial charge on any atom is -0.323 e. The van der Waals surface area contributed by atoms with E-state index in [1.54, 1.807) is 16.9 Å². The van der Waals surface area contributed by atoms with Gasteiger partial charge in [-0.15, -0.1) is 0 Å². The molecule has 0 fully saturated rings. The molecule has 0 radical (unpaired) electrons. The molecule has 0 aromatic carbocycles. The van der Waals surface area contributed by atoms with Crippen molar-refractivity contribution < 1.29 is 8.78 Å². The molecule has 1 unspecified atom stereocenters. The van der Waals surface area contributed by atoms with Crippen LogP contribution in [0.5, 0.6) is 0 Å². The Morgan fingerprint density at radius 1 is 1.40 bits per heavy atom. The summed E-state index contributed by atoms with van der Waals surface area (Å²) in [4.78, 5) is 0. The van der Waals surface area contributed by atoms with Gasteiger partial charge in [-0.3, -0.25) is 0 Å². The van der Waals surface area contributed by atoms with Crippen molar-refractivity contribution in [2.24, 2.45) is 5.73 Å². The molecule has 2 rings (SSSR count). The molecule has 0 bridgehead atoms. The number of nitrogens with zero attached hydrogens (tertiary/aromatic N) is 2. The maximum Gasteiger partial charge on any atom is 0.253 e. The van der Waals surface area contributed by atoms with Crippen LogP contribution in [0.2, 0.25) is 0 Å². The van der Waals surface area contributed by atoms with Crippen LogP contribution in [0.1, 0.15) is 5.56 Å². The van der Waals surface area contributed by atoms with E-state index in [9.17, 15) is 8.78 Å². The Labute approximate surface area is 85.5 Å². The third-order valence-corrected chi connectivity index (χ3v) is 2.29. The Bertz CT molecular complexity index is 453. The van der Waals surface area contributed by atoms with Crippen LogP contribution in [0.4, 0.5) is 8.78 Å². The molecule has 80 valence electrons. The van der Waals surface area contributed by atoms with Gasteiger partial charge in [-0.25, -0.2) is 13.3 Å². The fraction of sp³-hybridized carbons (Fsp3) is 0.300. The fourth-order valence-electron chi connectivity index (χ4n) is 1.49. The van der Waals surface area contributed by atoms with Gasteiger partial charge in [0.15, 0.2) is 0 Å². The number of aromatic nitrogens is 2. The van der Waals surface area contributed by atoms with Crippen LogP contribution in [0.25, 0.3) is 5.52 Å². The van der Waals surface area contributed by atoms with Gasteiger partial charge in [0.2, 0.25) is 0 Å². The zero-order valence-electron chi connectivity index (χ0n) is 7.98. The predicted molar refractivity (Wildman–Crippen MR) is 52.9 cm³/mol. The first-order valence-corrected chi connectivity index (χ1v) is 4.63. The van der Waals surface area contributed by atoms with E-state index in [0.29, 0.717) is 0 Å². The Balaban J connectivity index is 2.29. The molecule has 15 heavy (non-hydrogen) atoms. The van der Waals surface area contributed by atoms with E-state index in [1.807, 2.05) is 18.2 Å². The largest absolute Gasteiger partial charge is 0.323 e. The SMILES string of the molecule is NC(Cc1cnn2ccccc12)C(F)F. The number of rotatable bonds is 3. The number of alkyl halides is 2. The molecule has 2 aromatic rings. The molecular weight excluding hydrogens is 200 g/mol. The van der Waals surface area contributed by atoms with E-state index < -0.39 is 12.5 Å². The Morgan fingerprint density at radius 2 is 2.20 bits per heavy atom. The summed E-state index contributed by atoms with van der Waals surface area (Å²) in [5.74, 6) is 0.